The number of hydrogen-bond acceptors (Lipinski definition) is 4. The molecule has 0 amide bonds. The molecule has 1 aromatic heterocycles. The van der Waals surface area contributed by atoms with E-state index in [-0.39, 0.29) is 5.75 Å². The quantitative estimate of drug-likeness (QED) is 0.722. The molecule has 0 bridgehead atoms. The van der Waals surface area contributed by atoms with Crippen molar-refractivity contribution in [2.75, 3.05) is 10.5 Å². The molecule has 7 heteroatoms. The van der Waals surface area contributed by atoms with Crippen LogP contribution in [0.5, 0.6) is 0 Å². The number of nitrogens with zero attached hydrogens (tertiary/aromatic N) is 1. The SMILES string of the molecule is CCc1cn[nH]c1NS(=O)(=O)Cc1cccc(N)c1. The van der Waals surface area contributed by atoms with Gasteiger partial charge in [-0.25, -0.2) is 8.42 Å². The minimum absolute atomic E-state index is 0.125. The molecule has 102 valence electrons. The molecule has 0 spiro atoms. The number of nitrogens with two attached hydrogens (primary N) is 1. The standard InChI is InChI=1S/C12H16N4O2S/c1-2-10-7-14-15-12(10)16-19(17,18)8-9-4-3-5-11(13)6-9/h3-7H,2,8,13H2,1H3,(H2,14,15,16). The van der Waals surface area contributed by atoms with Crippen LogP contribution in [0.1, 0.15) is 18.1 Å². The van der Waals surface area contributed by atoms with Gasteiger partial charge in [-0.1, -0.05) is 19.1 Å². The van der Waals surface area contributed by atoms with Gasteiger partial charge >= 0.3 is 0 Å². The second-order valence-corrected chi connectivity index (χ2v) is 5.95. The first-order valence-corrected chi connectivity index (χ1v) is 7.52. The Morgan fingerprint density at radius 1 is 1.42 bits per heavy atom. The van der Waals surface area contributed by atoms with Crippen LogP contribution in [0.4, 0.5) is 11.5 Å². The average Bonchev–Trinajstić information content (AvgIpc) is 2.74. The summed E-state index contributed by atoms with van der Waals surface area (Å²) in [6.45, 7) is 1.93. The van der Waals surface area contributed by atoms with E-state index in [9.17, 15) is 8.42 Å². The van der Waals surface area contributed by atoms with Crippen molar-refractivity contribution in [1.82, 2.24) is 10.2 Å². The molecule has 0 fully saturated rings. The Hall–Kier alpha value is -2.02. The Bertz CT molecular complexity index is 664. The number of benzene rings is 1. The number of aromatic amines is 1. The molecule has 2 aromatic rings. The van der Waals surface area contributed by atoms with E-state index in [1.807, 2.05) is 6.92 Å². The average molecular weight is 280 g/mol. The predicted molar refractivity (Wildman–Crippen MR) is 75.1 cm³/mol. The third-order valence-corrected chi connectivity index (χ3v) is 3.89. The fraction of sp³-hybridized carbons (Fsp3) is 0.250. The maximum absolute atomic E-state index is 12.0. The number of aryl methyl sites for hydroxylation is 1. The van der Waals surface area contributed by atoms with Crippen LogP contribution < -0.4 is 10.5 Å². The molecule has 0 radical (unpaired) electrons. The van der Waals surface area contributed by atoms with Gasteiger partial charge in [0.25, 0.3) is 0 Å². The molecular weight excluding hydrogens is 264 g/mol. The second-order valence-electron chi connectivity index (χ2n) is 4.23. The minimum Gasteiger partial charge on any atom is -0.399 e. The highest BCUT2D eigenvalue weighted by Gasteiger charge is 2.14. The summed E-state index contributed by atoms with van der Waals surface area (Å²) >= 11 is 0. The highest BCUT2D eigenvalue weighted by atomic mass is 32.2. The Kier molecular flexibility index (Phi) is 3.75. The van der Waals surface area contributed by atoms with E-state index in [1.54, 1.807) is 30.5 Å². The van der Waals surface area contributed by atoms with Gasteiger partial charge in [-0.2, -0.15) is 5.10 Å². The minimum atomic E-state index is -3.48. The van der Waals surface area contributed by atoms with Gasteiger partial charge in [-0.15, -0.1) is 0 Å². The fourth-order valence-corrected chi connectivity index (χ4v) is 2.94. The Morgan fingerprint density at radius 2 is 2.21 bits per heavy atom. The van der Waals surface area contributed by atoms with Crippen LogP contribution >= 0.6 is 0 Å². The van der Waals surface area contributed by atoms with Crippen LogP contribution in [0.2, 0.25) is 0 Å². The Balaban J connectivity index is 2.15. The zero-order valence-corrected chi connectivity index (χ0v) is 11.4. The smallest absolute Gasteiger partial charge is 0.238 e. The summed E-state index contributed by atoms with van der Waals surface area (Å²) in [6.07, 6.45) is 2.31. The van der Waals surface area contributed by atoms with Crippen molar-refractivity contribution < 1.29 is 8.42 Å². The molecule has 0 saturated carbocycles. The van der Waals surface area contributed by atoms with Crippen LogP contribution in [-0.4, -0.2) is 18.6 Å². The van der Waals surface area contributed by atoms with Crippen LogP contribution in [-0.2, 0) is 22.2 Å². The normalized spacial score (nSPS) is 11.4. The van der Waals surface area contributed by atoms with Crippen molar-refractivity contribution in [3.63, 3.8) is 0 Å². The lowest BCUT2D eigenvalue weighted by atomic mass is 10.2. The summed E-state index contributed by atoms with van der Waals surface area (Å²) in [4.78, 5) is 0. The number of nitrogens with one attached hydrogen (secondary N) is 2. The molecule has 4 N–H and O–H groups in total. The molecule has 0 aliphatic heterocycles. The predicted octanol–water partition coefficient (Wildman–Crippen LogP) is 1.50. The van der Waals surface area contributed by atoms with E-state index in [0.717, 1.165) is 5.56 Å². The van der Waals surface area contributed by atoms with Gasteiger partial charge in [0, 0.05) is 11.3 Å². The zero-order chi connectivity index (χ0) is 13.9. The number of H-pyrrole nitrogens is 1. The van der Waals surface area contributed by atoms with Crippen molar-refractivity contribution in [3.05, 3.63) is 41.6 Å². The highest BCUT2D eigenvalue weighted by Crippen LogP contribution is 2.16. The van der Waals surface area contributed by atoms with E-state index in [1.165, 1.54) is 0 Å². The Labute approximate surface area is 112 Å². The first-order valence-electron chi connectivity index (χ1n) is 5.87. The number of sulfonamides is 1. The van der Waals surface area contributed by atoms with E-state index < -0.39 is 10.0 Å². The number of hydrogen-bond donors (Lipinski definition) is 3. The number of anilines is 2. The summed E-state index contributed by atoms with van der Waals surface area (Å²) in [6, 6.07) is 6.82. The third-order valence-electron chi connectivity index (χ3n) is 2.66. The molecular formula is C12H16N4O2S. The summed E-state index contributed by atoms with van der Waals surface area (Å²) in [5, 5.41) is 6.47. The molecule has 0 aliphatic carbocycles. The topological polar surface area (TPSA) is 101 Å². The third kappa shape index (κ3) is 3.47. The lowest BCUT2D eigenvalue weighted by molar-refractivity contribution is 0.600. The van der Waals surface area contributed by atoms with Crippen molar-refractivity contribution in [3.8, 4) is 0 Å². The zero-order valence-electron chi connectivity index (χ0n) is 10.6. The molecule has 19 heavy (non-hydrogen) atoms. The highest BCUT2D eigenvalue weighted by molar-refractivity contribution is 7.91. The summed E-state index contributed by atoms with van der Waals surface area (Å²) in [5.74, 6) is 0.298. The van der Waals surface area contributed by atoms with Gasteiger partial charge in [0.2, 0.25) is 10.0 Å². The van der Waals surface area contributed by atoms with Gasteiger partial charge in [-0.3, -0.25) is 9.82 Å². The molecule has 1 aromatic carbocycles. The van der Waals surface area contributed by atoms with Gasteiger partial charge in [-0.05, 0) is 24.1 Å². The first kappa shape index (κ1) is 13.4. The van der Waals surface area contributed by atoms with E-state index in [2.05, 4.69) is 14.9 Å². The van der Waals surface area contributed by atoms with Crippen LogP contribution in [0.15, 0.2) is 30.5 Å². The van der Waals surface area contributed by atoms with E-state index in [4.69, 9.17) is 5.73 Å². The molecule has 6 nitrogen and oxygen atoms in total. The molecule has 2 rings (SSSR count). The van der Waals surface area contributed by atoms with E-state index >= 15 is 0 Å². The first-order chi connectivity index (χ1) is 9.00. The van der Waals surface area contributed by atoms with Crippen molar-refractivity contribution >= 4 is 21.5 Å². The molecule has 0 atom stereocenters. The van der Waals surface area contributed by atoms with Crippen LogP contribution in [0.25, 0.3) is 0 Å². The Morgan fingerprint density at radius 3 is 2.89 bits per heavy atom. The maximum Gasteiger partial charge on any atom is 0.238 e. The van der Waals surface area contributed by atoms with Gasteiger partial charge < -0.3 is 5.73 Å². The van der Waals surface area contributed by atoms with Crippen LogP contribution in [0.3, 0.4) is 0 Å². The largest absolute Gasteiger partial charge is 0.399 e. The lowest BCUT2D eigenvalue weighted by Crippen LogP contribution is -2.16. The maximum atomic E-state index is 12.0. The molecule has 0 aliphatic rings. The lowest BCUT2D eigenvalue weighted by Gasteiger charge is -2.08. The molecule has 0 saturated heterocycles. The summed E-state index contributed by atoms with van der Waals surface area (Å²) in [5.41, 5.74) is 7.65. The van der Waals surface area contributed by atoms with Gasteiger partial charge in [0.05, 0.1) is 11.9 Å². The monoisotopic (exact) mass is 280 g/mol. The van der Waals surface area contributed by atoms with Gasteiger partial charge in [0.1, 0.15) is 5.82 Å². The van der Waals surface area contributed by atoms with Crippen molar-refractivity contribution in [2.24, 2.45) is 0 Å². The van der Waals surface area contributed by atoms with Crippen molar-refractivity contribution in [2.45, 2.75) is 19.1 Å². The molecule has 1 heterocycles. The fourth-order valence-electron chi connectivity index (χ4n) is 1.76. The second kappa shape index (κ2) is 5.31. The summed E-state index contributed by atoms with van der Waals surface area (Å²) < 4.78 is 26.6. The van der Waals surface area contributed by atoms with Crippen LogP contribution in [0, 0.1) is 0 Å². The molecule has 0 unspecified atom stereocenters. The van der Waals surface area contributed by atoms with E-state index in [0.29, 0.717) is 23.5 Å². The summed E-state index contributed by atoms with van der Waals surface area (Å²) in [7, 11) is -3.48. The number of aromatic nitrogens is 2. The van der Waals surface area contributed by atoms with Gasteiger partial charge in [0.15, 0.2) is 0 Å². The number of rotatable bonds is 5. The number of nitrogen functional groups attached to an aromatic ring is 1. The van der Waals surface area contributed by atoms with Crippen molar-refractivity contribution in [1.29, 1.82) is 0 Å².